The van der Waals surface area contributed by atoms with Crippen LogP contribution in [0.4, 0.5) is 0 Å². The second kappa shape index (κ2) is 10.4. The highest BCUT2D eigenvalue weighted by Crippen LogP contribution is 2.16. The molecule has 0 unspecified atom stereocenters. The van der Waals surface area contributed by atoms with E-state index in [9.17, 15) is 4.79 Å². The molecule has 0 bridgehead atoms. The van der Waals surface area contributed by atoms with Gasteiger partial charge < -0.3 is 14.3 Å². The van der Waals surface area contributed by atoms with E-state index in [1.165, 1.54) is 51.0 Å². The standard InChI is InChI=1S/C16H26O4/c1-2-3-4-5-6-7-8-9-10-13-19-15-12-11-14(20-15)16(17)18/h11-12H,2-10,13H2,1H3,(H,17,18). The summed E-state index contributed by atoms with van der Waals surface area (Å²) in [6.45, 7) is 2.82. The van der Waals surface area contributed by atoms with Gasteiger partial charge in [0.2, 0.25) is 5.76 Å². The highest BCUT2D eigenvalue weighted by atomic mass is 16.6. The van der Waals surface area contributed by atoms with Crippen molar-refractivity contribution in [2.75, 3.05) is 6.61 Å². The summed E-state index contributed by atoms with van der Waals surface area (Å²) in [5, 5.41) is 8.69. The Bertz CT molecular complexity index is 370. The van der Waals surface area contributed by atoms with E-state index in [0.29, 0.717) is 12.6 Å². The summed E-state index contributed by atoms with van der Waals surface area (Å²) in [7, 11) is 0. The summed E-state index contributed by atoms with van der Waals surface area (Å²) in [4.78, 5) is 10.6. The zero-order chi connectivity index (χ0) is 14.6. The van der Waals surface area contributed by atoms with Gasteiger partial charge >= 0.3 is 5.97 Å². The quantitative estimate of drug-likeness (QED) is 0.555. The topological polar surface area (TPSA) is 59.7 Å². The van der Waals surface area contributed by atoms with E-state index in [-0.39, 0.29) is 5.76 Å². The number of ether oxygens (including phenoxy) is 1. The van der Waals surface area contributed by atoms with Gasteiger partial charge in [0.1, 0.15) is 0 Å². The van der Waals surface area contributed by atoms with Gasteiger partial charge in [-0.1, -0.05) is 58.3 Å². The fourth-order valence-electron chi connectivity index (χ4n) is 2.10. The molecule has 0 saturated heterocycles. The van der Waals surface area contributed by atoms with E-state index in [0.717, 1.165) is 12.8 Å². The Balaban J connectivity index is 1.93. The lowest BCUT2D eigenvalue weighted by Crippen LogP contribution is -1.96. The van der Waals surface area contributed by atoms with E-state index < -0.39 is 5.97 Å². The molecule has 0 aliphatic heterocycles. The minimum absolute atomic E-state index is 0.0768. The SMILES string of the molecule is CCCCCCCCCCCOc1ccc(C(=O)O)o1. The Hall–Kier alpha value is -1.45. The van der Waals surface area contributed by atoms with Crippen molar-refractivity contribution >= 4 is 5.97 Å². The summed E-state index contributed by atoms with van der Waals surface area (Å²) in [6.07, 6.45) is 11.4. The Morgan fingerprint density at radius 3 is 2.20 bits per heavy atom. The predicted octanol–water partition coefficient (Wildman–Crippen LogP) is 4.89. The van der Waals surface area contributed by atoms with Gasteiger partial charge in [-0.25, -0.2) is 4.79 Å². The van der Waals surface area contributed by atoms with Crippen molar-refractivity contribution in [1.29, 1.82) is 0 Å². The molecule has 1 rings (SSSR count). The third kappa shape index (κ3) is 7.22. The van der Waals surface area contributed by atoms with Crippen LogP contribution in [0.2, 0.25) is 0 Å². The summed E-state index contributed by atoms with van der Waals surface area (Å²) >= 11 is 0. The Morgan fingerprint density at radius 2 is 1.65 bits per heavy atom. The molecular weight excluding hydrogens is 256 g/mol. The van der Waals surface area contributed by atoms with E-state index >= 15 is 0 Å². The van der Waals surface area contributed by atoms with Gasteiger partial charge in [-0.2, -0.15) is 0 Å². The number of carboxylic acids is 1. The van der Waals surface area contributed by atoms with Crippen molar-refractivity contribution in [1.82, 2.24) is 0 Å². The monoisotopic (exact) mass is 282 g/mol. The largest absolute Gasteiger partial charge is 0.475 e. The van der Waals surface area contributed by atoms with Gasteiger partial charge in [-0.3, -0.25) is 0 Å². The van der Waals surface area contributed by atoms with Crippen LogP contribution in [-0.2, 0) is 0 Å². The fraction of sp³-hybridized carbons (Fsp3) is 0.688. The summed E-state index contributed by atoms with van der Waals surface area (Å²) in [5.74, 6) is -0.850. The first kappa shape index (κ1) is 16.6. The van der Waals surface area contributed by atoms with Gasteiger partial charge in [0, 0.05) is 6.07 Å². The molecule has 0 amide bonds. The average molecular weight is 282 g/mol. The van der Waals surface area contributed by atoms with Gasteiger partial charge in [-0.15, -0.1) is 0 Å². The average Bonchev–Trinajstić information content (AvgIpc) is 2.90. The van der Waals surface area contributed by atoms with Crippen LogP contribution in [0.3, 0.4) is 0 Å². The van der Waals surface area contributed by atoms with E-state index in [2.05, 4.69) is 6.92 Å². The van der Waals surface area contributed by atoms with E-state index in [1.807, 2.05) is 0 Å². The van der Waals surface area contributed by atoms with Crippen LogP contribution in [-0.4, -0.2) is 17.7 Å². The van der Waals surface area contributed by atoms with Gasteiger partial charge in [0.05, 0.1) is 6.61 Å². The zero-order valence-corrected chi connectivity index (χ0v) is 12.4. The first-order chi connectivity index (χ1) is 9.74. The van der Waals surface area contributed by atoms with Crippen molar-refractivity contribution in [3.63, 3.8) is 0 Å². The molecule has 0 aromatic carbocycles. The molecule has 20 heavy (non-hydrogen) atoms. The minimum Gasteiger partial charge on any atom is -0.475 e. The molecule has 1 heterocycles. The Morgan fingerprint density at radius 1 is 1.05 bits per heavy atom. The number of hydrogen-bond acceptors (Lipinski definition) is 3. The molecule has 0 aliphatic carbocycles. The van der Waals surface area contributed by atoms with E-state index in [1.54, 1.807) is 6.07 Å². The number of aromatic carboxylic acids is 1. The van der Waals surface area contributed by atoms with Gasteiger partial charge in [-0.05, 0) is 12.5 Å². The van der Waals surface area contributed by atoms with Crippen molar-refractivity contribution in [2.24, 2.45) is 0 Å². The van der Waals surface area contributed by atoms with Crippen LogP contribution in [0.15, 0.2) is 16.5 Å². The number of hydrogen-bond donors (Lipinski definition) is 1. The Kier molecular flexibility index (Phi) is 8.59. The number of rotatable bonds is 12. The number of unbranched alkanes of at least 4 members (excludes halogenated alkanes) is 8. The van der Waals surface area contributed by atoms with Crippen molar-refractivity contribution in [3.8, 4) is 5.95 Å². The molecule has 114 valence electrons. The lowest BCUT2D eigenvalue weighted by Gasteiger charge is -2.03. The molecule has 0 atom stereocenters. The number of carbonyl (C=O) groups is 1. The number of carboxylic acid groups (broad SMARTS) is 1. The van der Waals surface area contributed by atoms with Gasteiger partial charge in [0.25, 0.3) is 5.95 Å². The molecule has 1 N–H and O–H groups in total. The van der Waals surface area contributed by atoms with Crippen LogP contribution in [0, 0.1) is 0 Å². The van der Waals surface area contributed by atoms with Crippen molar-refractivity contribution < 1.29 is 19.1 Å². The molecule has 1 aromatic heterocycles. The third-order valence-corrected chi connectivity index (χ3v) is 3.28. The minimum atomic E-state index is -1.07. The van der Waals surface area contributed by atoms with Crippen LogP contribution in [0.1, 0.15) is 75.3 Å². The lowest BCUT2D eigenvalue weighted by molar-refractivity contribution is 0.0653. The van der Waals surface area contributed by atoms with Crippen LogP contribution < -0.4 is 4.74 Å². The molecule has 0 saturated carbocycles. The third-order valence-electron chi connectivity index (χ3n) is 3.28. The summed E-state index contributed by atoms with van der Waals surface area (Å²) < 4.78 is 10.4. The van der Waals surface area contributed by atoms with Gasteiger partial charge in [0.15, 0.2) is 0 Å². The molecule has 0 spiro atoms. The first-order valence-corrected chi connectivity index (χ1v) is 7.70. The second-order valence-corrected chi connectivity index (χ2v) is 5.10. The molecule has 0 fully saturated rings. The van der Waals surface area contributed by atoms with Crippen LogP contribution in [0.25, 0.3) is 0 Å². The molecule has 0 radical (unpaired) electrons. The fourth-order valence-corrected chi connectivity index (χ4v) is 2.10. The summed E-state index contributed by atoms with van der Waals surface area (Å²) in [6, 6.07) is 2.96. The maximum atomic E-state index is 10.6. The highest BCUT2D eigenvalue weighted by molar-refractivity contribution is 5.84. The highest BCUT2D eigenvalue weighted by Gasteiger charge is 2.09. The lowest BCUT2D eigenvalue weighted by atomic mass is 10.1. The smallest absolute Gasteiger partial charge is 0.371 e. The maximum Gasteiger partial charge on any atom is 0.371 e. The normalized spacial score (nSPS) is 10.7. The molecular formula is C16H26O4. The molecule has 1 aromatic rings. The van der Waals surface area contributed by atoms with Crippen LogP contribution >= 0.6 is 0 Å². The molecule has 0 aliphatic rings. The number of furan rings is 1. The van der Waals surface area contributed by atoms with Crippen molar-refractivity contribution in [3.05, 3.63) is 17.9 Å². The zero-order valence-electron chi connectivity index (χ0n) is 12.4. The Labute approximate surface area is 121 Å². The summed E-state index contributed by atoms with van der Waals surface area (Å²) in [5.41, 5.74) is 0. The molecule has 4 heteroatoms. The second-order valence-electron chi connectivity index (χ2n) is 5.10. The van der Waals surface area contributed by atoms with Crippen molar-refractivity contribution in [2.45, 2.75) is 64.7 Å². The van der Waals surface area contributed by atoms with E-state index in [4.69, 9.17) is 14.3 Å². The molecule has 4 nitrogen and oxygen atoms in total. The maximum absolute atomic E-state index is 10.6. The predicted molar refractivity (Wildman–Crippen MR) is 78.4 cm³/mol. The van der Waals surface area contributed by atoms with Crippen LogP contribution in [0.5, 0.6) is 5.95 Å². The first-order valence-electron chi connectivity index (χ1n) is 7.70.